The fraction of sp³-hybridized carbons (Fsp3) is 0.400. The maximum absolute atomic E-state index is 12.4. The van der Waals surface area contributed by atoms with Crippen LogP contribution in [-0.4, -0.2) is 38.4 Å². The molecule has 1 aliphatic heterocycles. The molecule has 0 aromatic carbocycles. The van der Waals surface area contributed by atoms with Gasteiger partial charge in [0.1, 0.15) is 6.54 Å². The molecule has 3 rings (SSSR count). The summed E-state index contributed by atoms with van der Waals surface area (Å²) in [5.41, 5.74) is 1.18. The van der Waals surface area contributed by atoms with Crippen molar-refractivity contribution in [2.24, 2.45) is 0 Å². The van der Waals surface area contributed by atoms with E-state index in [0.717, 1.165) is 23.1 Å². The second-order valence-electron chi connectivity index (χ2n) is 5.61. The third kappa shape index (κ3) is 3.84. The van der Waals surface area contributed by atoms with Gasteiger partial charge in [0.2, 0.25) is 0 Å². The van der Waals surface area contributed by atoms with Crippen molar-refractivity contribution in [1.29, 1.82) is 0 Å². The van der Waals surface area contributed by atoms with Gasteiger partial charge < -0.3 is 10.2 Å². The number of hydrogen-bond acceptors (Lipinski definition) is 3. The van der Waals surface area contributed by atoms with Gasteiger partial charge in [-0.3, -0.25) is 9.67 Å². The first-order valence-corrected chi connectivity index (χ1v) is 7.49. The van der Waals surface area contributed by atoms with Crippen LogP contribution in [0.4, 0.5) is 23.7 Å². The van der Waals surface area contributed by atoms with Crippen molar-refractivity contribution in [3.63, 3.8) is 0 Å². The van der Waals surface area contributed by atoms with E-state index >= 15 is 0 Å². The lowest BCUT2D eigenvalue weighted by Crippen LogP contribution is -2.34. The second-order valence-corrected chi connectivity index (χ2v) is 5.61. The van der Waals surface area contributed by atoms with E-state index in [2.05, 4.69) is 15.4 Å². The molecule has 0 spiro atoms. The van der Waals surface area contributed by atoms with E-state index in [-0.39, 0.29) is 17.8 Å². The molecule has 9 heteroatoms. The van der Waals surface area contributed by atoms with Crippen molar-refractivity contribution in [2.75, 3.05) is 11.9 Å². The molecule has 2 amide bonds. The van der Waals surface area contributed by atoms with Crippen LogP contribution in [0, 0.1) is 0 Å². The topological polar surface area (TPSA) is 63.1 Å². The second kappa shape index (κ2) is 6.50. The average molecular weight is 339 g/mol. The first-order chi connectivity index (χ1) is 11.4. The minimum atomic E-state index is -4.35. The van der Waals surface area contributed by atoms with Crippen LogP contribution in [0.25, 0.3) is 0 Å². The molecule has 1 N–H and O–H groups in total. The smallest absolute Gasteiger partial charge is 0.317 e. The van der Waals surface area contributed by atoms with E-state index in [9.17, 15) is 18.0 Å². The Labute approximate surface area is 136 Å². The van der Waals surface area contributed by atoms with Crippen molar-refractivity contribution in [1.82, 2.24) is 19.7 Å². The van der Waals surface area contributed by atoms with Gasteiger partial charge in [-0.15, -0.1) is 0 Å². The van der Waals surface area contributed by atoms with Gasteiger partial charge in [-0.05, 0) is 24.5 Å². The molecule has 1 saturated heterocycles. The number of hydrogen-bond donors (Lipinski definition) is 1. The molecular formula is C15H16F3N5O. The van der Waals surface area contributed by atoms with Crippen LogP contribution >= 0.6 is 0 Å². The number of nitrogens with zero attached hydrogens (tertiary/aromatic N) is 4. The highest BCUT2D eigenvalue weighted by Crippen LogP contribution is 2.31. The number of halogens is 3. The van der Waals surface area contributed by atoms with Gasteiger partial charge in [0.25, 0.3) is 0 Å². The highest BCUT2D eigenvalue weighted by atomic mass is 19.4. The van der Waals surface area contributed by atoms with Crippen LogP contribution < -0.4 is 5.32 Å². The molecule has 1 fully saturated rings. The Morgan fingerprint density at radius 2 is 2.21 bits per heavy atom. The lowest BCUT2D eigenvalue weighted by Gasteiger charge is -2.24. The van der Waals surface area contributed by atoms with Crippen LogP contribution in [0.3, 0.4) is 0 Å². The summed E-state index contributed by atoms with van der Waals surface area (Å²) in [5.74, 6) is 0. The van der Waals surface area contributed by atoms with Gasteiger partial charge in [-0.25, -0.2) is 4.79 Å². The van der Waals surface area contributed by atoms with E-state index in [1.54, 1.807) is 17.3 Å². The molecule has 6 nitrogen and oxygen atoms in total. The molecule has 0 aliphatic carbocycles. The number of carbonyl (C=O) groups is 1. The molecule has 1 atom stereocenters. The number of alkyl halides is 3. The average Bonchev–Trinajstić information content (AvgIpc) is 3.16. The zero-order valence-corrected chi connectivity index (χ0v) is 12.7. The van der Waals surface area contributed by atoms with Crippen molar-refractivity contribution in [3.8, 4) is 0 Å². The summed E-state index contributed by atoms with van der Waals surface area (Å²) < 4.78 is 37.8. The number of aromatic nitrogens is 3. The minimum absolute atomic E-state index is 0.0797. The molecule has 128 valence electrons. The Morgan fingerprint density at radius 3 is 2.92 bits per heavy atom. The SMILES string of the molecule is O=C(Nc1cnn(CC(F)(F)F)c1)N1CCCC1c1cccnc1. The summed E-state index contributed by atoms with van der Waals surface area (Å²) in [4.78, 5) is 18.2. The predicted molar refractivity (Wildman–Crippen MR) is 80.2 cm³/mol. The Hall–Kier alpha value is -2.58. The number of anilines is 1. The quantitative estimate of drug-likeness (QED) is 0.934. The maximum Gasteiger partial charge on any atom is 0.408 e. The van der Waals surface area contributed by atoms with Gasteiger partial charge in [0.05, 0.1) is 17.9 Å². The Kier molecular flexibility index (Phi) is 4.41. The molecule has 24 heavy (non-hydrogen) atoms. The van der Waals surface area contributed by atoms with Crippen molar-refractivity contribution >= 4 is 11.7 Å². The molecule has 2 aromatic rings. The van der Waals surface area contributed by atoms with Gasteiger partial charge >= 0.3 is 12.2 Å². The van der Waals surface area contributed by atoms with Crippen LogP contribution in [0.5, 0.6) is 0 Å². The summed E-state index contributed by atoms with van der Waals surface area (Å²) in [6.45, 7) is -0.604. The standard InChI is InChI=1S/C15H16F3N5O/c16-15(17,18)10-22-9-12(8-20-22)21-14(24)23-6-2-4-13(23)11-3-1-5-19-7-11/h1,3,5,7-9,13H,2,4,6,10H2,(H,21,24). The van der Waals surface area contributed by atoms with E-state index in [0.29, 0.717) is 6.54 Å². The lowest BCUT2D eigenvalue weighted by molar-refractivity contribution is -0.142. The number of carbonyl (C=O) groups excluding carboxylic acids is 1. The monoisotopic (exact) mass is 339 g/mol. The number of rotatable bonds is 3. The fourth-order valence-corrected chi connectivity index (χ4v) is 2.82. The number of likely N-dealkylation sites (tertiary alicyclic amines) is 1. The van der Waals surface area contributed by atoms with Gasteiger partial charge in [0, 0.05) is 25.1 Å². The molecule has 0 saturated carbocycles. The van der Waals surface area contributed by atoms with Gasteiger partial charge in [0.15, 0.2) is 0 Å². The van der Waals surface area contributed by atoms with E-state index in [4.69, 9.17) is 0 Å². The maximum atomic E-state index is 12.4. The van der Waals surface area contributed by atoms with Gasteiger partial charge in [-0.1, -0.05) is 6.07 Å². The minimum Gasteiger partial charge on any atom is -0.317 e. The third-order valence-corrected chi connectivity index (χ3v) is 3.81. The molecule has 0 bridgehead atoms. The molecular weight excluding hydrogens is 323 g/mol. The lowest BCUT2D eigenvalue weighted by atomic mass is 10.1. The summed E-state index contributed by atoms with van der Waals surface area (Å²) in [7, 11) is 0. The highest BCUT2D eigenvalue weighted by molar-refractivity contribution is 5.89. The highest BCUT2D eigenvalue weighted by Gasteiger charge is 2.31. The van der Waals surface area contributed by atoms with Crippen molar-refractivity contribution in [3.05, 3.63) is 42.5 Å². The number of amides is 2. The Balaban J connectivity index is 1.66. The van der Waals surface area contributed by atoms with Crippen LogP contribution in [0.1, 0.15) is 24.4 Å². The first kappa shape index (κ1) is 16.3. The van der Waals surface area contributed by atoms with E-state index in [1.165, 1.54) is 12.4 Å². The fourth-order valence-electron chi connectivity index (χ4n) is 2.82. The van der Waals surface area contributed by atoms with Crippen LogP contribution in [0.15, 0.2) is 36.9 Å². The predicted octanol–water partition coefficient (Wildman–Crippen LogP) is 3.21. The van der Waals surface area contributed by atoms with Gasteiger partial charge in [-0.2, -0.15) is 18.3 Å². The molecule has 3 heterocycles. The largest absolute Gasteiger partial charge is 0.408 e. The normalized spacial score (nSPS) is 18.0. The zero-order chi connectivity index (χ0) is 17.2. The van der Waals surface area contributed by atoms with Crippen molar-refractivity contribution in [2.45, 2.75) is 31.6 Å². The summed E-state index contributed by atoms with van der Waals surface area (Å²) >= 11 is 0. The first-order valence-electron chi connectivity index (χ1n) is 7.49. The van der Waals surface area contributed by atoms with Crippen LogP contribution in [-0.2, 0) is 6.54 Å². The number of nitrogens with one attached hydrogen (secondary N) is 1. The Bertz CT molecular complexity index is 701. The molecule has 1 aliphatic rings. The third-order valence-electron chi connectivity index (χ3n) is 3.81. The van der Waals surface area contributed by atoms with E-state index in [1.807, 2.05) is 12.1 Å². The summed E-state index contributed by atoms with van der Waals surface area (Å²) in [6.07, 6.45) is 3.09. The number of urea groups is 1. The van der Waals surface area contributed by atoms with Crippen molar-refractivity contribution < 1.29 is 18.0 Å². The Morgan fingerprint density at radius 1 is 1.38 bits per heavy atom. The van der Waals surface area contributed by atoms with Crippen LogP contribution in [0.2, 0.25) is 0 Å². The number of pyridine rings is 1. The zero-order valence-electron chi connectivity index (χ0n) is 12.7. The summed E-state index contributed by atoms with van der Waals surface area (Å²) in [6, 6.07) is 3.28. The van der Waals surface area contributed by atoms with E-state index < -0.39 is 12.7 Å². The molecule has 0 radical (unpaired) electrons. The molecule has 2 aromatic heterocycles. The summed E-state index contributed by atoms with van der Waals surface area (Å²) in [5, 5.41) is 6.22. The molecule has 1 unspecified atom stereocenters.